The lowest BCUT2D eigenvalue weighted by molar-refractivity contribution is -0.120. The lowest BCUT2D eigenvalue weighted by Crippen LogP contribution is -2.39. The first kappa shape index (κ1) is 22.3. The van der Waals surface area contributed by atoms with E-state index in [0.29, 0.717) is 12.2 Å². The average Bonchev–Trinajstić information content (AvgIpc) is 2.74. The van der Waals surface area contributed by atoms with E-state index in [0.717, 1.165) is 13.1 Å². The van der Waals surface area contributed by atoms with Crippen LogP contribution in [0.25, 0.3) is 0 Å². The third-order valence-electron chi connectivity index (χ3n) is 5.60. The van der Waals surface area contributed by atoms with Crippen LogP contribution in [0.5, 0.6) is 0 Å². The molecule has 2 aromatic rings. The Kier molecular flexibility index (Phi) is 7.12. The van der Waals surface area contributed by atoms with Gasteiger partial charge in [0.2, 0.25) is 15.9 Å². The Balaban J connectivity index is 1.64. The molecule has 8 heteroatoms. The number of carbonyl (C=O) groups excluding carboxylic acids is 1. The van der Waals surface area contributed by atoms with Crippen LogP contribution in [0.15, 0.2) is 53.4 Å². The molecular formula is C22H30N4O3S. The molecule has 3 N–H and O–H groups in total. The highest BCUT2D eigenvalue weighted by molar-refractivity contribution is 7.89. The molecule has 162 valence electrons. The lowest BCUT2D eigenvalue weighted by Gasteiger charge is -2.32. The number of sulfonamides is 1. The minimum Gasteiger partial charge on any atom is -0.371 e. The van der Waals surface area contributed by atoms with Crippen LogP contribution in [0.2, 0.25) is 0 Å². The number of primary sulfonamides is 1. The number of nitrogens with two attached hydrogens (primary N) is 1. The summed E-state index contributed by atoms with van der Waals surface area (Å²) >= 11 is 0. The van der Waals surface area contributed by atoms with E-state index < -0.39 is 10.0 Å². The summed E-state index contributed by atoms with van der Waals surface area (Å²) < 4.78 is 22.7. The van der Waals surface area contributed by atoms with E-state index >= 15 is 0 Å². The number of benzene rings is 2. The molecule has 1 aliphatic rings. The van der Waals surface area contributed by atoms with E-state index in [-0.39, 0.29) is 16.8 Å². The van der Waals surface area contributed by atoms with Gasteiger partial charge in [0.25, 0.3) is 0 Å². The zero-order valence-corrected chi connectivity index (χ0v) is 18.4. The highest BCUT2D eigenvalue weighted by Gasteiger charge is 2.21. The molecule has 1 fully saturated rings. The Bertz CT molecular complexity index is 970. The van der Waals surface area contributed by atoms with Crippen molar-refractivity contribution in [2.24, 2.45) is 5.14 Å². The van der Waals surface area contributed by atoms with Gasteiger partial charge in [0.1, 0.15) is 0 Å². The monoisotopic (exact) mass is 430 g/mol. The fourth-order valence-corrected chi connectivity index (χ4v) is 4.18. The second-order valence-electron chi connectivity index (χ2n) is 7.83. The molecule has 0 saturated carbocycles. The van der Waals surface area contributed by atoms with Gasteiger partial charge < -0.3 is 10.2 Å². The second-order valence-corrected chi connectivity index (χ2v) is 9.39. The standard InChI is InChI=1S/C22H30N4O3S/c1-17(22(27)24-19-10-12-20(13-11-19)30(23,28)29)25(2)16-18-8-4-5-9-21(18)26-14-6-3-7-15-26/h4-5,8-13,17H,3,6-7,14-16H2,1-2H3,(H,24,27)(H2,23,28,29). The Morgan fingerprint density at radius 1 is 1.10 bits per heavy atom. The number of likely N-dealkylation sites (N-methyl/N-ethyl adjacent to an activating group) is 1. The van der Waals surface area contributed by atoms with Crippen LogP contribution in [0.3, 0.4) is 0 Å². The number of amides is 1. The molecule has 1 aliphatic heterocycles. The van der Waals surface area contributed by atoms with Crippen LogP contribution in [0, 0.1) is 0 Å². The minimum absolute atomic E-state index is 0.0139. The van der Waals surface area contributed by atoms with E-state index in [1.54, 1.807) is 0 Å². The number of anilines is 2. The van der Waals surface area contributed by atoms with Crippen molar-refractivity contribution in [2.75, 3.05) is 30.4 Å². The van der Waals surface area contributed by atoms with Crippen LogP contribution in [0.1, 0.15) is 31.7 Å². The molecule has 1 amide bonds. The minimum atomic E-state index is -3.75. The van der Waals surface area contributed by atoms with E-state index in [2.05, 4.69) is 28.4 Å². The van der Waals surface area contributed by atoms with Crippen LogP contribution in [-0.2, 0) is 21.4 Å². The van der Waals surface area contributed by atoms with Crippen LogP contribution < -0.4 is 15.4 Å². The molecule has 7 nitrogen and oxygen atoms in total. The molecule has 1 saturated heterocycles. The number of hydrogen-bond donors (Lipinski definition) is 2. The van der Waals surface area contributed by atoms with E-state index in [1.165, 1.54) is 54.8 Å². The van der Waals surface area contributed by atoms with Gasteiger partial charge in [0.05, 0.1) is 10.9 Å². The summed E-state index contributed by atoms with van der Waals surface area (Å²) in [7, 11) is -1.82. The maximum Gasteiger partial charge on any atom is 0.241 e. The molecule has 0 bridgehead atoms. The number of piperidine rings is 1. The SMILES string of the molecule is CC(C(=O)Nc1ccc(S(N)(=O)=O)cc1)N(C)Cc1ccccc1N1CCCCC1. The second kappa shape index (κ2) is 9.59. The summed E-state index contributed by atoms with van der Waals surface area (Å²) in [6.07, 6.45) is 3.72. The van der Waals surface area contributed by atoms with E-state index in [1.807, 2.05) is 24.9 Å². The van der Waals surface area contributed by atoms with Gasteiger partial charge in [-0.05, 0) is 69.1 Å². The topological polar surface area (TPSA) is 95.7 Å². The van der Waals surface area contributed by atoms with Crippen molar-refractivity contribution in [3.8, 4) is 0 Å². The van der Waals surface area contributed by atoms with Crippen molar-refractivity contribution < 1.29 is 13.2 Å². The molecule has 1 atom stereocenters. The van der Waals surface area contributed by atoms with Crippen LogP contribution in [-0.4, -0.2) is 45.4 Å². The number of nitrogens with zero attached hydrogens (tertiary/aromatic N) is 2. The maximum absolute atomic E-state index is 12.7. The smallest absolute Gasteiger partial charge is 0.241 e. The zero-order valence-electron chi connectivity index (χ0n) is 17.5. The summed E-state index contributed by atoms with van der Waals surface area (Å²) in [5.41, 5.74) is 2.98. The largest absolute Gasteiger partial charge is 0.371 e. The third-order valence-corrected chi connectivity index (χ3v) is 6.53. The van der Waals surface area contributed by atoms with Crippen LogP contribution >= 0.6 is 0 Å². The van der Waals surface area contributed by atoms with Crippen molar-refractivity contribution in [1.29, 1.82) is 0 Å². The van der Waals surface area contributed by atoms with Gasteiger partial charge in [-0.1, -0.05) is 18.2 Å². The first-order chi connectivity index (χ1) is 14.3. The van der Waals surface area contributed by atoms with Gasteiger partial charge in [-0.2, -0.15) is 0 Å². The van der Waals surface area contributed by atoms with Crippen molar-refractivity contribution in [1.82, 2.24) is 4.90 Å². The van der Waals surface area contributed by atoms with Gasteiger partial charge in [-0.25, -0.2) is 13.6 Å². The number of rotatable bonds is 7. The zero-order chi connectivity index (χ0) is 21.7. The Morgan fingerprint density at radius 2 is 1.73 bits per heavy atom. The van der Waals surface area contributed by atoms with Gasteiger partial charge in [-0.15, -0.1) is 0 Å². The fourth-order valence-electron chi connectivity index (χ4n) is 3.67. The summed E-state index contributed by atoms with van der Waals surface area (Å²) in [5, 5.41) is 7.95. The molecular weight excluding hydrogens is 400 g/mol. The first-order valence-corrected chi connectivity index (χ1v) is 11.8. The van der Waals surface area contributed by atoms with Crippen molar-refractivity contribution >= 4 is 27.3 Å². The van der Waals surface area contributed by atoms with Crippen molar-refractivity contribution in [3.05, 3.63) is 54.1 Å². The fraction of sp³-hybridized carbons (Fsp3) is 0.409. The number of hydrogen-bond acceptors (Lipinski definition) is 5. The number of para-hydroxylation sites is 1. The van der Waals surface area contributed by atoms with Gasteiger partial charge >= 0.3 is 0 Å². The summed E-state index contributed by atoms with van der Waals surface area (Å²) in [6.45, 7) is 4.67. The first-order valence-electron chi connectivity index (χ1n) is 10.2. The lowest BCUT2D eigenvalue weighted by atomic mass is 10.1. The van der Waals surface area contributed by atoms with Gasteiger partial charge in [0.15, 0.2) is 0 Å². The molecule has 0 spiro atoms. The predicted octanol–water partition coefficient (Wildman–Crippen LogP) is 2.78. The van der Waals surface area contributed by atoms with E-state index in [9.17, 15) is 13.2 Å². The number of carbonyl (C=O) groups is 1. The van der Waals surface area contributed by atoms with Gasteiger partial charge in [0, 0.05) is 31.0 Å². The molecule has 3 rings (SSSR count). The quantitative estimate of drug-likeness (QED) is 0.704. The summed E-state index contributed by atoms with van der Waals surface area (Å²) in [6, 6.07) is 13.9. The molecule has 2 aromatic carbocycles. The summed E-state index contributed by atoms with van der Waals surface area (Å²) in [4.78, 5) is 17.2. The Hall–Kier alpha value is -2.42. The third kappa shape index (κ3) is 5.59. The van der Waals surface area contributed by atoms with Crippen molar-refractivity contribution in [3.63, 3.8) is 0 Å². The summed E-state index contributed by atoms with van der Waals surface area (Å²) in [5.74, 6) is -0.156. The number of nitrogens with one attached hydrogen (secondary N) is 1. The molecule has 1 unspecified atom stereocenters. The van der Waals surface area contributed by atoms with Crippen LogP contribution in [0.4, 0.5) is 11.4 Å². The molecule has 30 heavy (non-hydrogen) atoms. The predicted molar refractivity (Wildman–Crippen MR) is 120 cm³/mol. The highest BCUT2D eigenvalue weighted by Crippen LogP contribution is 2.25. The Morgan fingerprint density at radius 3 is 2.37 bits per heavy atom. The normalized spacial score (nSPS) is 15.8. The molecule has 1 heterocycles. The molecule has 0 aliphatic carbocycles. The van der Waals surface area contributed by atoms with E-state index in [4.69, 9.17) is 5.14 Å². The van der Waals surface area contributed by atoms with Crippen molar-refractivity contribution in [2.45, 2.75) is 43.7 Å². The average molecular weight is 431 g/mol. The molecule has 0 aromatic heterocycles. The maximum atomic E-state index is 12.7. The highest BCUT2D eigenvalue weighted by atomic mass is 32.2. The Labute approximate surface area is 178 Å². The van der Waals surface area contributed by atoms with Gasteiger partial charge in [-0.3, -0.25) is 9.69 Å². The molecule has 0 radical (unpaired) electrons.